The molecule has 2 aliphatic rings. The van der Waals surface area contributed by atoms with Crippen molar-refractivity contribution in [3.8, 4) is 0 Å². The van der Waals surface area contributed by atoms with Gasteiger partial charge < -0.3 is 9.64 Å². The number of hydrogen-bond donors (Lipinski definition) is 0. The monoisotopic (exact) mass is 317 g/mol. The van der Waals surface area contributed by atoms with Crippen molar-refractivity contribution in [1.29, 1.82) is 0 Å². The first kappa shape index (κ1) is 14.6. The minimum atomic E-state index is -3.36. The smallest absolute Gasteiger partial charge is 0.315 e. The molecule has 1 saturated heterocycles. The van der Waals surface area contributed by atoms with E-state index in [1.165, 1.54) is 0 Å². The molecule has 1 aliphatic heterocycles. The van der Waals surface area contributed by atoms with Gasteiger partial charge in [-0.1, -0.05) is 24.3 Å². The Bertz CT molecular complexity index is 816. The van der Waals surface area contributed by atoms with Crippen LogP contribution in [-0.2, 0) is 4.74 Å². The van der Waals surface area contributed by atoms with E-state index in [0.717, 1.165) is 11.1 Å². The van der Waals surface area contributed by atoms with Crippen LogP contribution in [0.5, 0.6) is 0 Å². The Kier molecular flexibility index (Phi) is 3.00. The van der Waals surface area contributed by atoms with Crippen molar-refractivity contribution in [2.75, 3.05) is 25.6 Å². The molecule has 1 aliphatic carbocycles. The van der Waals surface area contributed by atoms with Crippen LogP contribution in [0.3, 0.4) is 0 Å². The van der Waals surface area contributed by atoms with E-state index >= 15 is 0 Å². The number of hydrogen-bond acceptors (Lipinski definition) is 3. The number of benzene rings is 2. The SMILES string of the molecule is CN(C)c1cc2c(c3ccccc13)C(=O)C(F)(F)[C@H]1CCO[C@@H]21. The number of anilines is 1. The van der Waals surface area contributed by atoms with E-state index in [2.05, 4.69) is 0 Å². The van der Waals surface area contributed by atoms with Gasteiger partial charge in [0.25, 0.3) is 0 Å². The number of carbonyl (C=O) groups is 1. The summed E-state index contributed by atoms with van der Waals surface area (Å²) in [6.45, 7) is 0.266. The number of Topliss-reactive ketones (excluding diaryl/α,β-unsaturated/α-hetero) is 1. The summed E-state index contributed by atoms with van der Waals surface area (Å²) < 4.78 is 34.8. The molecule has 2 atom stereocenters. The molecule has 120 valence electrons. The molecule has 2 aromatic rings. The predicted octanol–water partition coefficient (Wildman–Crippen LogP) is 3.82. The lowest BCUT2D eigenvalue weighted by atomic mass is 9.75. The predicted molar refractivity (Wildman–Crippen MR) is 84.4 cm³/mol. The van der Waals surface area contributed by atoms with E-state index < -0.39 is 23.7 Å². The molecule has 23 heavy (non-hydrogen) atoms. The molecular formula is C18H17F2NO2. The zero-order chi connectivity index (χ0) is 16.4. The van der Waals surface area contributed by atoms with Gasteiger partial charge in [0.2, 0.25) is 5.78 Å². The molecule has 0 saturated carbocycles. The summed E-state index contributed by atoms with van der Waals surface area (Å²) in [5.41, 5.74) is 1.64. The van der Waals surface area contributed by atoms with Crippen molar-refractivity contribution in [3.05, 3.63) is 41.5 Å². The van der Waals surface area contributed by atoms with Gasteiger partial charge in [0.1, 0.15) is 0 Å². The second-order valence-electron chi connectivity index (χ2n) is 6.44. The molecule has 1 heterocycles. The van der Waals surface area contributed by atoms with Crippen LogP contribution >= 0.6 is 0 Å². The summed E-state index contributed by atoms with van der Waals surface area (Å²) in [6.07, 6.45) is -0.492. The van der Waals surface area contributed by atoms with Crippen LogP contribution in [0.1, 0.15) is 28.4 Å². The maximum atomic E-state index is 14.6. The van der Waals surface area contributed by atoms with Gasteiger partial charge in [-0.2, -0.15) is 8.78 Å². The standard InChI is InChI=1S/C18H17F2NO2/c1-21(2)14-9-12-15(11-6-4-3-5-10(11)14)17(22)18(19,20)13-7-8-23-16(12)13/h3-6,9,13,16H,7-8H2,1-2H3/t13-,16-/m0/s1. The highest BCUT2D eigenvalue weighted by atomic mass is 19.3. The highest BCUT2D eigenvalue weighted by molar-refractivity contribution is 6.16. The van der Waals surface area contributed by atoms with Crippen LogP contribution in [-0.4, -0.2) is 32.4 Å². The molecule has 0 N–H and O–H groups in total. The second-order valence-corrected chi connectivity index (χ2v) is 6.44. The Labute approximate surface area is 132 Å². The van der Waals surface area contributed by atoms with Crippen molar-refractivity contribution in [2.24, 2.45) is 5.92 Å². The molecule has 0 radical (unpaired) electrons. The number of rotatable bonds is 1. The van der Waals surface area contributed by atoms with Crippen LogP contribution in [0.4, 0.5) is 14.5 Å². The van der Waals surface area contributed by atoms with Crippen molar-refractivity contribution in [1.82, 2.24) is 0 Å². The second kappa shape index (κ2) is 4.74. The van der Waals surface area contributed by atoms with Gasteiger partial charge in [0, 0.05) is 37.3 Å². The fraction of sp³-hybridized carbons (Fsp3) is 0.389. The lowest BCUT2D eigenvalue weighted by Gasteiger charge is -2.34. The molecule has 4 rings (SSSR count). The lowest BCUT2D eigenvalue weighted by molar-refractivity contribution is -0.0628. The van der Waals surface area contributed by atoms with Gasteiger partial charge in [-0.05, 0) is 23.4 Å². The van der Waals surface area contributed by atoms with E-state index in [1.54, 1.807) is 12.1 Å². The zero-order valence-electron chi connectivity index (χ0n) is 13.0. The number of alkyl halides is 2. The number of fused-ring (bicyclic) bond motifs is 5. The van der Waals surface area contributed by atoms with Crippen molar-refractivity contribution in [3.63, 3.8) is 0 Å². The largest absolute Gasteiger partial charge is 0.377 e. The first-order chi connectivity index (χ1) is 10.9. The maximum Gasteiger partial charge on any atom is 0.315 e. The fourth-order valence-corrected chi connectivity index (χ4v) is 3.83. The van der Waals surface area contributed by atoms with Gasteiger partial charge in [0.15, 0.2) is 0 Å². The molecule has 5 heteroatoms. The van der Waals surface area contributed by atoms with Crippen LogP contribution < -0.4 is 4.90 Å². The highest BCUT2D eigenvalue weighted by Crippen LogP contribution is 2.52. The molecule has 2 aromatic carbocycles. The highest BCUT2D eigenvalue weighted by Gasteiger charge is 2.58. The molecule has 0 aromatic heterocycles. The van der Waals surface area contributed by atoms with Crippen molar-refractivity contribution < 1.29 is 18.3 Å². The Morgan fingerprint density at radius 3 is 2.61 bits per heavy atom. The van der Waals surface area contributed by atoms with E-state index in [0.29, 0.717) is 10.9 Å². The average Bonchev–Trinajstić information content (AvgIpc) is 3.02. The lowest BCUT2D eigenvalue weighted by Crippen LogP contribution is -2.43. The number of carbonyl (C=O) groups excluding carboxylic acids is 1. The summed E-state index contributed by atoms with van der Waals surface area (Å²) in [4.78, 5) is 14.5. The van der Waals surface area contributed by atoms with E-state index in [9.17, 15) is 13.6 Å². The van der Waals surface area contributed by atoms with Gasteiger partial charge in [0.05, 0.1) is 12.0 Å². The Morgan fingerprint density at radius 2 is 1.91 bits per heavy atom. The summed E-state index contributed by atoms with van der Waals surface area (Å²) in [5.74, 6) is -5.49. The zero-order valence-corrected chi connectivity index (χ0v) is 13.0. The van der Waals surface area contributed by atoms with Gasteiger partial charge >= 0.3 is 5.92 Å². The van der Waals surface area contributed by atoms with Crippen LogP contribution in [0.15, 0.2) is 30.3 Å². The van der Waals surface area contributed by atoms with E-state index in [1.807, 2.05) is 37.2 Å². The van der Waals surface area contributed by atoms with E-state index in [4.69, 9.17) is 4.74 Å². The number of ether oxygens (including phenoxy) is 1. The van der Waals surface area contributed by atoms with Gasteiger partial charge in [-0.15, -0.1) is 0 Å². The third kappa shape index (κ3) is 1.86. The topological polar surface area (TPSA) is 29.5 Å². The molecule has 0 amide bonds. The normalized spacial score (nSPS) is 25.3. The molecule has 0 unspecified atom stereocenters. The summed E-state index contributed by atoms with van der Waals surface area (Å²) >= 11 is 0. The van der Waals surface area contributed by atoms with Crippen LogP contribution in [0.25, 0.3) is 10.8 Å². The molecule has 0 spiro atoms. The number of halogens is 2. The Balaban J connectivity index is 2.10. The summed E-state index contributed by atoms with van der Waals surface area (Å²) in [6, 6.07) is 9.06. The molecule has 0 bridgehead atoms. The first-order valence-corrected chi connectivity index (χ1v) is 7.70. The average molecular weight is 317 g/mol. The minimum Gasteiger partial charge on any atom is -0.377 e. The van der Waals surface area contributed by atoms with Crippen LogP contribution in [0, 0.1) is 5.92 Å². The fourth-order valence-electron chi connectivity index (χ4n) is 3.83. The number of nitrogens with zero attached hydrogens (tertiary/aromatic N) is 1. The van der Waals surface area contributed by atoms with Crippen molar-refractivity contribution in [2.45, 2.75) is 18.4 Å². The summed E-state index contributed by atoms with van der Waals surface area (Å²) in [7, 11) is 3.81. The third-order valence-corrected chi connectivity index (χ3v) is 4.93. The Morgan fingerprint density at radius 1 is 1.22 bits per heavy atom. The summed E-state index contributed by atoms with van der Waals surface area (Å²) in [5, 5.41) is 1.38. The minimum absolute atomic E-state index is 0.124. The number of ketones is 1. The van der Waals surface area contributed by atoms with Crippen LogP contribution in [0.2, 0.25) is 0 Å². The third-order valence-electron chi connectivity index (χ3n) is 4.93. The van der Waals surface area contributed by atoms with Gasteiger partial charge in [-0.25, -0.2) is 0 Å². The molecular weight excluding hydrogens is 300 g/mol. The van der Waals surface area contributed by atoms with Gasteiger partial charge in [-0.3, -0.25) is 4.79 Å². The maximum absolute atomic E-state index is 14.6. The molecule has 3 nitrogen and oxygen atoms in total. The van der Waals surface area contributed by atoms with E-state index in [-0.39, 0.29) is 18.6 Å². The molecule has 1 fully saturated rings. The Hall–Kier alpha value is -2.01. The quantitative estimate of drug-likeness (QED) is 0.801. The van der Waals surface area contributed by atoms with Crippen molar-refractivity contribution >= 4 is 22.2 Å². The first-order valence-electron chi connectivity index (χ1n) is 7.70.